The maximum absolute atomic E-state index is 12.9. The molecule has 0 radical (unpaired) electrons. The Labute approximate surface area is 170 Å². The lowest BCUT2D eigenvalue weighted by Gasteiger charge is -2.26. The largest absolute Gasteiger partial charge is 0.459 e. The summed E-state index contributed by atoms with van der Waals surface area (Å²) < 4.78 is 5.10. The Kier molecular flexibility index (Phi) is 7.05. The molecule has 3 amide bonds. The standard InChI is InChI=1S/C22H27N3O4/c1-2-17(22(28)25-13-7-3-4-8-14-25)23-20(26)16-10-5-6-11-18(16)24-21(27)19-12-9-15-29-19/h5-6,9-12,15,17H,2-4,7-8,13-14H2,1H3,(H,23,26)(H,24,27). The van der Waals surface area contributed by atoms with Gasteiger partial charge in [-0.2, -0.15) is 0 Å². The Morgan fingerprint density at radius 1 is 1.00 bits per heavy atom. The summed E-state index contributed by atoms with van der Waals surface area (Å²) in [5, 5.41) is 5.54. The molecular weight excluding hydrogens is 370 g/mol. The number of rotatable bonds is 6. The highest BCUT2D eigenvalue weighted by Crippen LogP contribution is 2.18. The molecule has 1 aliphatic heterocycles. The third-order valence-corrected chi connectivity index (χ3v) is 5.09. The van der Waals surface area contributed by atoms with Crippen LogP contribution in [0.25, 0.3) is 0 Å². The van der Waals surface area contributed by atoms with E-state index in [-0.39, 0.29) is 11.7 Å². The van der Waals surface area contributed by atoms with Gasteiger partial charge in [0.25, 0.3) is 11.8 Å². The van der Waals surface area contributed by atoms with Gasteiger partial charge in [0.15, 0.2) is 5.76 Å². The fourth-order valence-corrected chi connectivity index (χ4v) is 3.47. The first-order valence-corrected chi connectivity index (χ1v) is 10.1. The lowest BCUT2D eigenvalue weighted by molar-refractivity contribution is -0.133. The van der Waals surface area contributed by atoms with Gasteiger partial charge in [0.1, 0.15) is 6.04 Å². The van der Waals surface area contributed by atoms with Crippen LogP contribution in [0.1, 0.15) is 59.9 Å². The van der Waals surface area contributed by atoms with Crippen molar-refractivity contribution in [2.45, 2.75) is 45.1 Å². The van der Waals surface area contributed by atoms with Gasteiger partial charge in [0, 0.05) is 13.1 Å². The van der Waals surface area contributed by atoms with Crippen LogP contribution >= 0.6 is 0 Å². The Balaban J connectivity index is 1.70. The molecule has 0 saturated carbocycles. The van der Waals surface area contributed by atoms with Gasteiger partial charge in [-0.1, -0.05) is 31.9 Å². The van der Waals surface area contributed by atoms with Crippen molar-refractivity contribution in [3.8, 4) is 0 Å². The van der Waals surface area contributed by atoms with Crippen LogP contribution < -0.4 is 10.6 Å². The summed E-state index contributed by atoms with van der Waals surface area (Å²) in [5.74, 6) is -0.721. The predicted octanol–water partition coefficient (Wildman–Crippen LogP) is 3.44. The van der Waals surface area contributed by atoms with Crippen molar-refractivity contribution in [3.63, 3.8) is 0 Å². The maximum Gasteiger partial charge on any atom is 0.291 e. The van der Waals surface area contributed by atoms with Crippen LogP contribution in [-0.2, 0) is 4.79 Å². The minimum atomic E-state index is -0.588. The zero-order chi connectivity index (χ0) is 20.6. The quantitative estimate of drug-likeness (QED) is 0.781. The fourth-order valence-electron chi connectivity index (χ4n) is 3.47. The van der Waals surface area contributed by atoms with E-state index in [9.17, 15) is 14.4 Å². The molecule has 0 spiro atoms. The second-order valence-corrected chi connectivity index (χ2v) is 7.15. The van der Waals surface area contributed by atoms with Crippen molar-refractivity contribution in [2.24, 2.45) is 0 Å². The number of para-hydroxylation sites is 1. The first-order chi connectivity index (χ1) is 14.1. The van der Waals surface area contributed by atoms with Crippen LogP contribution in [0.15, 0.2) is 47.1 Å². The second kappa shape index (κ2) is 9.91. The molecule has 7 nitrogen and oxygen atoms in total. The summed E-state index contributed by atoms with van der Waals surface area (Å²) in [6.07, 6.45) is 6.18. The summed E-state index contributed by atoms with van der Waals surface area (Å²) in [4.78, 5) is 39.9. The number of hydrogen-bond donors (Lipinski definition) is 2. The first kappa shape index (κ1) is 20.6. The van der Waals surface area contributed by atoms with E-state index >= 15 is 0 Å². The molecule has 2 N–H and O–H groups in total. The molecule has 1 atom stereocenters. The molecule has 1 unspecified atom stereocenters. The van der Waals surface area contributed by atoms with E-state index < -0.39 is 17.9 Å². The number of carbonyl (C=O) groups is 3. The number of carbonyl (C=O) groups excluding carboxylic acids is 3. The molecule has 0 bridgehead atoms. The molecule has 7 heteroatoms. The number of nitrogens with one attached hydrogen (secondary N) is 2. The number of amides is 3. The van der Waals surface area contributed by atoms with E-state index in [1.807, 2.05) is 11.8 Å². The van der Waals surface area contributed by atoms with Gasteiger partial charge in [-0.05, 0) is 43.5 Å². The third kappa shape index (κ3) is 5.25. The molecule has 2 heterocycles. The summed E-state index contributed by atoms with van der Waals surface area (Å²) in [6, 6.07) is 9.29. The number of benzene rings is 1. The molecule has 1 aromatic heterocycles. The van der Waals surface area contributed by atoms with Gasteiger partial charge < -0.3 is 20.0 Å². The van der Waals surface area contributed by atoms with Gasteiger partial charge in [0.05, 0.1) is 17.5 Å². The van der Waals surface area contributed by atoms with Crippen LogP contribution in [0.2, 0.25) is 0 Å². The van der Waals surface area contributed by atoms with Crippen LogP contribution in [0.4, 0.5) is 5.69 Å². The van der Waals surface area contributed by atoms with Gasteiger partial charge in [-0.3, -0.25) is 14.4 Å². The Morgan fingerprint density at radius 2 is 1.72 bits per heavy atom. The Morgan fingerprint density at radius 3 is 2.38 bits per heavy atom. The highest BCUT2D eigenvalue weighted by Gasteiger charge is 2.26. The van der Waals surface area contributed by atoms with Crippen molar-refractivity contribution in [3.05, 3.63) is 54.0 Å². The lowest BCUT2D eigenvalue weighted by Crippen LogP contribution is -2.48. The number of likely N-dealkylation sites (tertiary alicyclic amines) is 1. The lowest BCUT2D eigenvalue weighted by atomic mass is 10.1. The summed E-state index contributed by atoms with van der Waals surface area (Å²) >= 11 is 0. The van der Waals surface area contributed by atoms with Gasteiger partial charge in [0.2, 0.25) is 5.91 Å². The molecule has 2 aromatic rings. The first-order valence-electron chi connectivity index (χ1n) is 10.1. The monoisotopic (exact) mass is 397 g/mol. The number of anilines is 1. The highest BCUT2D eigenvalue weighted by atomic mass is 16.3. The van der Waals surface area contributed by atoms with Crippen LogP contribution in [-0.4, -0.2) is 41.8 Å². The molecular formula is C22H27N3O4. The SMILES string of the molecule is CCC(NC(=O)c1ccccc1NC(=O)c1ccco1)C(=O)N1CCCCCC1. The summed E-state index contributed by atoms with van der Waals surface area (Å²) in [6.45, 7) is 3.35. The molecule has 154 valence electrons. The molecule has 1 saturated heterocycles. The molecule has 1 fully saturated rings. The molecule has 0 aliphatic carbocycles. The molecule has 1 aromatic carbocycles. The van der Waals surface area contributed by atoms with Crippen LogP contribution in [0, 0.1) is 0 Å². The van der Waals surface area contributed by atoms with Gasteiger partial charge in [-0.25, -0.2) is 0 Å². The fraction of sp³-hybridized carbons (Fsp3) is 0.409. The topological polar surface area (TPSA) is 91.6 Å². The molecule has 3 rings (SSSR count). The average molecular weight is 397 g/mol. The average Bonchev–Trinajstić information content (AvgIpc) is 3.14. The van der Waals surface area contributed by atoms with E-state index in [1.54, 1.807) is 36.4 Å². The molecule has 1 aliphatic rings. The zero-order valence-electron chi connectivity index (χ0n) is 16.6. The van der Waals surface area contributed by atoms with Crippen LogP contribution in [0.3, 0.4) is 0 Å². The van der Waals surface area contributed by atoms with Crippen molar-refractivity contribution < 1.29 is 18.8 Å². The minimum Gasteiger partial charge on any atom is -0.459 e. The van der Waals surface area contributed by atoms with Crippen molar-refractivity contribution >= 4 is 23.4 Å². The van der Waals surface area contributed by atoms with Crippen molar-refractivity contribution in [2.75, 3.05) is 18.4 Å². The van der Waals surface area contributed by atoms with Crippen LogP contribution in [0.5, 0.6) is 0 Å². The van der Waals surface area contributed by atoms with E-state index in [0.29, 0.717) is 17.7 Å². The maximum atomic E-state index is 12.9. The Hall–Kier alpha value is -3.09. The number of nitrogens with zero attached hydrogens (tertiary/aromatic N) is 1. The summed E-state index contributed by atoms with van der Waals surface area (Å²) in [5.41, 5.74) is 0.665. The summed E-state index contributed by atoms with van der Waals surface area (Å²) in [7, 11) is 0. The number of hydrogen-bond acceptors (Lipinski definition) is 4. The van der Waals surface area contributed by atoms with Crippen molar-refractivity contribution in [1.82, 2.24) is 10.2 Å². The second-order valence-electron chi connectivity index (χ2n) is 7.15. The van der Waals surface area contributed by atoms with Gasteiger partial charge >= 0.3 is 0 Å². The third-order valence-electron chi connectivity index (χ3n) is 5.09. The smallest absolute Gasteiger partial charge is 0.291 e. The van der Waals surface area contributed by atoms with E-state index in [1.165, 1.54) is 6.26 Å². The number of furan rings is 1. The van der Waals surface area contributed by atoms with Gasteiger partial charge in [-0.15, -0.1) is 0 Å². The van der Waals surface area contributed by atoms with E-state index in [4.69, 9.17) is 4.42 Å². The van der Waals surface area contributed by atoms with Crippen molar-refractivity contribution in [1.29, 1.82) is 0 Å². The Bertz CT molecular complexity index is 840. The normalized spacial score (nSPS) is 15.3. The predicted molar refractivity (Wildman–Crippen MR) is 110 cm³/mol. The van der Waals surface area contributed by atoms with E-state index in [0.717, 1.165) is 38.8 Å². The highest BCUT2D eigenvalue weighted by molar-refractivity contribution is 6.08. The van der Waals surface area contributed by atoms with E-state index in [2.05, 4.69) is 10.6 Å². The zero-order valence-corrected chi connectivity index (χ0v) is 16.6. The minimum absolute atomic E-state index is 0.0418. The molecule has 29 heavy (non-hydrogen) atoms.